The molecule has 0 fully saturated rings. The van der Waals surface area contributed by atoms with Crippen molar-refractivity contribution in [3.63, 3.8) is 0 Å². The number of nitrogens with zero attached hydrogens (tertiary/aromatic N) is 2. The minimum Gasteiger partial charge on any atom is -0.342 e. The van der Waals surface area contributed by atoms with E-state index in [9.17, 15) is 9.59 Å². The van der Waals surface area contributed by atoms with Gasteiger partial charge in [0.15, 0.2) is 0 Å². The van der Waals surface area contributed by atoms with Crippen LogP contribution in [0.1, 0.15) is 43.4 Å². The van der Waals surface area contributed by atoms with Crippen molar-refractivity contribution in [3.8, 4) is 0 Å². The van der Waals surface area contributed by atoms with Crippen molar-refractivity contribution < 1.29 is 9.59 Å². The third-order valence-electron chi connectivity index (χ3n) is 4.10. The van der Waals surface area contributed by atoms with E-state index in [1.807, 2.05) is 32.7 Å². The van der Waals surface area contributed by atoms with Gasteiger partial charge in [0.2, 0.25) is 11.8 Å². The molecule has 0 aromatic heterocycles. The molecule has 1 N–H and O–H groups in total. The van der Waals surface area contributed by atoms with Gasteiger partial charge >= 0.3 is 0 Å². The Kier molecular flexibility index (Phi) is 8.62. The summed E-state index contributed by atoms with van der Waals surface area (Å²) in [6, 6.07) is 4.12. The van der Waals surface area contributed by atoms with Gasteiger partial charge in [0, 0.05) is 18.8 Å². The number of hydrogen-bond donors (Lipinski definition) is 1. The Bertz CT molecular complexity index is 570. The van der Waals surface area contributed by atoms with Crippen LogP contribution in [0.25, 0.3) is 0 Å². The van der Waals surface area contributed by atoms with E-state index >= 15 is 0 Å². The van der Waals surface area contributed by atoms with E-state index in [0.717, 1.165) is 42.7 Å². The molecule has 0 unspecified atom stereocenters. The fraction of sp³-hybridized carbons (Fsp3) is 0.600. The zero-order chi connectivity index (χ0) is 19.0. The van der Waals surface area contributed by atoms with Gasteiger partial charge in [0.05, 0.1) is 13.1 Å². The number of rotatable bonds is 9. The fourth-order valence-corrected chi connectivity index (χ4v) is 3.09. The molecule has 0 saturated heterocycles. The molecule has 1 aromatic carbocycles. The molecule has 0 aliphatic heterocycles. The Balaban J connectivity index is 2.61. The molecule has 0 aliphatic rings. The second-order valence-electron chi connectivity index (χ2n) is 6.87. The van der Waals surface area contributed by atoms with Gasteiger partial charge in [-0.25, -0.2) is 0 Å². The molecule has 25 heavy (non-hydrogen) atoms. The van der Waals surface area contributed by atoms with Crippen LogP contribution < -0.4 is 5.32 Å². The van der Waals surface area contributed by atoms with Crippen LogP contribution in [-0.4, -0.2) is 54.8 Å². The molecule has 1 aromatic rings. The summed E-state index contributed by atoms with van der Waals surface area (Å²) in [5.41, 5.74) is 4.17. The van der Waals surface area contributed by atoms with Crippen molar-refractivity contribution in [1.29, 1.82) is 0 Å². The van der Waals surface area contributed by atoms with Crippen molar-refractivity contribution in [2.45, 2.75) is 47.5 Å². The Hall–Kier alpha value is -1.88. The van der Waals surface area contributed by atoms with E-state index in [0.29, 0.717) is 0 Å². The van der Waals surface area contributed by atoms with Crippen molar-refractivity contribution in [3.05, 3.63) is 28.8 Å². The minimum absolute atomic E-state index is 0.0849. The standard InChI is InChI=1S/C20H33N3O2/c1-7-9-23(10-8-2)19(25)14-22(6)13-18(24)21-20-16(4)11-15(3)12-17(20)5/h11-12H,7-10,13-14H2,1-6H3,(H,21,24). The monoisotopic (exact) mass is 347 g/mol. The van der Waals surface area contributed by atoms with Crippen LogP contribution in [0.2, 0.25) is 0 Å². The Morgan fingerprint density at radius 3 is 1.96 bits per heavy atom. The molecule has 2 amide bonds. The third kappa shape index (κ3) is 6.86. The van der Waals surface area contributed by atoms with E-state index in [1.54, 1.807) is 4.90 Å². The highest BCUT2D eigenvalue weighted by molar-refractivity contribution is 5.94. The minimum atomic E-state index is -0.0945. The predicted octanol–water partition coefficient (Wildman–Crippen LogP) is 3.13. The van der Waals surface area contributed by atoms with Crippen LogP contribution in [0.5, 0.6) is 0 Å². The predicted molar refractivity (Wildman–Crippen MR) is 104 cm³/mol. The van der Waals surface area contributed by atoms with Gasteiger partial charge in [0.25, 0.3) is 0 Å². The van der Waals surface area contributed by atoms with Gasteiger partial charge in [-0.2, -0.15) is 0 Å². The number of nitrogens with one attached hydrogen (secondary N) is 1. The molecule has 1 rings (SSSR count). The molecular weight excluding hydrogens is 314 g/mol. The number of anilines is 1. The average Bonchev–Trinajstić information content (AvgIpc) is 2.50. The van der Waals surface area contributed by atoms with Crippen LogP contribution in [-0.2, 0) is 9.59 Å². The van der Waals surface area contributed by atoms with Gasteiger partial charge in [0.1, 0.15) is 0 Å². The van der Waals surface area contributed by atoms with Gasteiger partial charge in [-0.15, -0.1) is 0 Å². The fourth-order valence-electron chi connectivity index (χ4n) is 3.09. The number of amides is 2. The smallest absolute Gasteiger partial charge is 0.238 e. The Labute approximate surface area is 152 Å². The zero-order valence-electron chi connectivity index (χ0n) is 16.6. The number of benzene rings is 1. The summed E-state index contributed by atoms with van der Waals surface area (Å²) >= 11 is 0. The highest BCUT2D eigenvalue weighted by atomic mass is 16.2. The quantitative estimate of drug-likeness (QED) is 0.747. The van der Waals surface area contributed by atoms with Crippen molar-refractivity contribution in [1.82, 2.24) is 9.80 Å². The highest BCUT2D eigenvalue weighted by Gasteiger charge is 2.16. The number of likely N-dealkylation sites (N-methyl/N-ethyl adjacent to an activating group) is 1. The van der Waals surface area contributed by atoms with Gasteiger partial charge in [-0.1, -0.05) is 31.5 Å². The molecule has 0 bridgehead atoms. The highest BCUT2D eigenvalue weighted by Crippen LogP contribution is 2.21. The Morgan fingerprint density at radius 1 is 0.960 bits per heavy atom. The maximum absolute atomic E-state index is 12.4. The first-order chi connectivity index (χ1) is 11.8. The van der Waals surface area contributed by atoms with Gasteiger partial charge < -0.3 is 10.2 Å². The van der Waals surface area contributed by atoms with E-state index in [1.165, 1.54) is 5.56 Å². The summed E-state index contributed by atoms with van der Waals surface area (Å²) in [4.78, 5) is 28.4. The molecular formula is C20H33N3O2. The average molecular weight is 348 g/mol. The van der Waals surface area contributed by atoms with Crippen LogP contribution >= 0.6 is 0 Å². The second kappa shape index (κ2) is 10.2. The number of carbonyl (C=O) groups excluding carboxylic acids is 2. The van der Waals surface area contributed by atoms with Crippen molar-refractivity contribution >= 4 is 17.5 Å². The summed E-state index contributed by atoms with van der Waals surface area (Å²) in [5.74, 6) is -0.00965. The van der Waals surface area contributed by atoms with Gasteiger partial charge in [-0.05, 0) is 51.8 Å². The molecule has 0 heterocycles. The SMILES string of the molecule is CCCN(CCC)C(=O)CN(C)CC(=O)Nc1c(C)cc(C)cc1C. The maximum Gasteiger partial charge on any atom is 0.238 e. The number of aryl methyl sites for hydroxylation is 3. The maximum atomic E-state index is 12.4. The van der Waals surface area contributed by atoms with Crippen molar-refractivity contribution in [2.24, 2.45) is 0 Å². The molecule has 0 saturated carbocycles. The first-order valence-electron chi connectivity index (χ1n) is 9.12. The second-order valence-corrected chi connectivity index (χ2v) is 6.87. The molecule has 0 radical (unpaired) electrons. The largest absolute Gasteiger partial charge is 0.342 e. The van der Waals surface area contributed by atoms with Crippen LogP contribution in [0.15, 0.2) is 12.1 Å². The van der Waals surface area contributed by atoms with Crippen LogP contribution in [0.4, 0.5) is 5.69 Å². The summed E-state index contributed by atoms with van der Waals surface area (Å²) < 4.78 is 0. The lowest BCUT2D eigenvalue weighted by molar-refractivity contribution is -0.132. The topological polar surface area (TPSA) is 52.7 Å². The van der Waals surface area contributed by atoms with Crippen LogP contribution in [0.3, 0.4) is 0 Å². The van der Waals surface area contributed by atoms with E-state index in [2.05, 4.69) is 31.3 Å². The van der Waals surface area contributed by atoms with E-state index in [-0.39, 0.29) is 24.9 Å². The first-order valence-corrected chi connectivity index (χ1v) is 9.12. The third-order valence-corrected chi connectivity index (χ3v) is 4.10. The summed E-state index contributed by atoms with van der Waals surface area (Å²) in [6.07, 6.45) is 1.89. The molecule has 140 valence electrons. The molecule has 0 atom stereocenters. The van der Waals surface area contributed by atoms with Gasteiger partial charge in [-0.3, -0.25) is 14.5 Å². The zero-order valence-corrected chi connectivity index (χ0v) is 16.6. The Morgan fingerprint density at radius 2 is 1.48 bits per heavy atom. The molecule has 5 nitrogen and oxygen atoms in total. The lowest BCUT2D eigenvalue weighted by Crippen LogP contribution is -2.42. The lowest BCUT2D eigenvalue weighted by atomic mass is 10.1. The summed E-state index contributed by atoms with van der Waals surface area (Å²) in [6.45, 7) is 12.2. The summed E-state index contributed by atoms with van der Waals surface area (Å²) in [7, 11) is 1.81. The molecule has 0 aliphatic carbocycles. The number of hydrogen-bond acceptors (Lipinski definition) is 3. The lowest BCUT2D eigenvalue weighted by Gasteiger charge is -2.24. The number of carbonyl (C=O) groups is 2. The first kappa shape index (κ1) is 21.2. The van der Waals surface area contributed by atoms with Crippen LogP contribution in [0, 0.1) is 20.8 Å². The molecule has 5 heteroatoms. The van der Waals surface area contributed by atoms with E-state index in [4.69, 9.17) is 0 Å². The van der Waals surface area contributed by atoms with Crippen molar-refractivity contribution in [2.75, 3.05) is 38.5 Å². The van der Waals surface area contributed by atoms with E-state index < -0.39 is 0 Å². The summed E-state index contributed by atoms with van der Waals surface area (Å²) in [5, 5.41) is 2.98. The normalized spacial score (nSPS) is 10.8. The molecule has 0 spiro atoms.